The van der Waals surface area contributed by atoms with Crippen molar-refractivity contribution in [1.82, 2.24) is 46.0 Å². The Bertz CT molecular complexity index is 1540. The number of carbonyl (C=O) groups excluding carboxylic acids is 1. The van der Waals surface area contributed by atoms with E-state index in [4.69, 9.17) is 0 Å². The number of carbonyl (C=O) groups is 1. The predicted octanol–water partition coefficient (Wildman–Crippen LogP) is 5.01. The van der Waals surface area contributed by atoms with Gasteiger partial charge in [0.15, 0.2) is 5.82 Å². The van der Waals surface area contributed by atoms with Crippen molar-refractivity contribution in [2.24, 2.45) is 0 Å². The molecular weight excluding hydrogens is 540 g/mol. The highest BCUT2D eigenvalue weighted by Crippen LogP contribution is 2.34. The van der Waals surface area contributed by atoms with Gasteiger partial charge in [0.05, 0.1) is 46.1 Å². The van der Waals surface area contributed by atoms with Crippen molar-refractivity contribution < 1.29 is 4.79 Å². The van der Waals surface area contributed by atoms with Crippen LogP contribution in [0.1, 0.15) is 112 Å². The molecule has 11 heteroatoms. The van der Waals surface area contributed by atoms with Gasteiger partial charge in [-0.2, -0.15) is 0 Å². The van der Waals surface area contributed by atoms with Crippen molar-refractivity contribution in [2.75, 3.05) is 5.43 Å². The van der Waals surface area contributed by atoms with Gasteiger partial charge in [-0.3, -0.25) is 15.6 Å². The predicted molar refractivity (Wildman–Crippen MR) is 170 cm³/mol. The second-order valence-electron chi connectivity index (χ2n) is 13.7. The summed E-state index contributed by atoms with van der Waals surface area (Å²) in [6.07, 6.45) is 4.64. The van der Waals surface area contributed by atoms with Crippen molar-refractivity contribution in [3.8, 4) is 0 Å². The molecule has 6 rings (SSSR count). The Morgan fingerprint density at radius 2 is 1.12 bits per heavy atom. The molecule has 11 nitrogen and oxygen atoms in total. The molecule has 0 unspecified atom stereocenters. The summed E-state index contributed by atoms with van der Waals surface area (Å²) < 4.78 is 0. The maximum absolute atomic E-state index is 11.5. The van der Waals surface area contributed by atoms with Gasteiger partial charge in [-0.05, 0) is 0 Å². The number of amides is 1. The lowest BCUT2D eigenvalue weighted by Crippen LogP contribution is -2.17. The number of fused-ring (bicyclic) bond motifs is 3. The lowest BCUT2D eigenvalue weighted by atomic mass is 9.88. The highest BCUT2D eigenvalue weighted by atomic mass is 16.2. The minimum absolute atomic E-state index is 0.00363. The van der Waals surface area contributed by atoms with E-state index < -0.39 is 0 Å². The first-order valence-electron chi connectivity index (χ1n) is 14.1. The van der Waals surface area contributed by atoms with Crippen LogP contribution >= 0.6 is 0 Å². The first-order valence-corrected chi connectivity index (χ1v) is 14.1. The number of hydrogen-bond donors (Lipinski definition) is 4. The van der Waals surface area contributed by atoms with Gasteiger partial charge in [0.25, 0.3) is 5.91 Å². The average molecular weight is 583 g/mol. The van der Waals surface area contributed by atoms with E-state index >= 15 is 0 Å². The smallest absolute Gasteiger partial charge is 0.275 e. The Kier molecular flexibility index (Phi) is 8.14. The van der Waals surface area contributed by atoms with E-state index in [0.717, 1.165) is 63.2 Å². The summed E-state index contributed by atoms with van der Waals surface area (Å²) in [7, 11) is 0. The topological polar surface area (TPSA) is 143 Å². The Hall–Kier alpha value is -4.67. The standard InChI is InChI=1S/C11H13N3O.C11H15N3.C10H14N4/c1-6-7-8(10(15)14-6)12-5-13-9(7)11(2,3)4;1-7-9-8(5-12-7)13-6-14-10(9)11(2,3)4;1-6-7-8(10(2,3)4)11-5-12-9(7)14-13-6/h5H,1H2,2-4H3,(H,14,15);6,12H,1,5H2,2-4H3;5,13H,1H2,2-4H3,(H,11,12,14). The quantitative estimate of drug-likeness (QED) is 0.286. The first kappa shape index (κ1) is 31.3. The van der Waals surface area contributed by atoms with Crippen LogP contribution in [0.4, 0.5) is 5.82 Å². The molecule has 3 aliphatic heterocycles. The zero-order valence-electron chi connectivity index (χ0n) is 26.7. The van der Waals surface area contributed by atoms with Crippen LogP contribution in [0, 0.1) is 0 Å². The molecule has 0 atom stereocenters. The van der Waals surface area contributed by atoms with Gasteiger partial charge in [-0.1, -0.05) is 82.1 Å². The molecular formula is C32H42N10O. The lowest BCUT2D eigenvalue weighted by Gasteiger charge is -2.20. The first-order chi connectivity index (χ1) is 19.9. The molecule has 0 bridgehead atoms. The van der Waals surface area contributed by atoms with E-state index in [2.05, 4.69) is 113 Å². The Balaban J connectivity index is 0.000000148. The molecule has 3 aliphatic rings. The zero-order valence-corrected chi connectivity index (χ0v) is 26.7. The SMILES string of the molecule is C=C1NC(=O)c2ncnc(C(C)(C)C)c21.C=C1NCc2ncnc(C(C)(C)C)c21.C=C1NNc2ncnc(C(C)(C)C)c21. The summed E-state index contributed by atoms with van der Waals surface area (Å²) in [4.78, 5) is 36.8. The van der Waals surface area contributed by atoms with E-state index in [1.54, 1.807) is 12.7 Å². The fraction of sp³-hybridized carbons (Fsp3) is 0.406. The van der Waals surface area contributed by atoms with Crippen molar-refractivity contribution >= 4 is 28.8 Å². The van der Waals surface area contributed by atoms with Crippen LogP contribution in [0.15, 0.2) is 38.7 Å². The third-order valence-electron chi connectivity index (χ3n) is 6.94. The van der Waals surface area contributed by atoms with Gasteiger partial charge in [0.1, 0.15) is 24.7 Å². The molecule has 0 saturated carbocycles. The van der Waals surface area contributed by atoms with Crippen LogP contribution in [0.3, 0.4) is 0 Å². The van der Waals surface area contributed by atoms with Crippen LogP contribution in [-0.4, -0.2) is 35.8 Å². The van der Waals surface area contributed by atoms with Crippen molar-refractivity contribution in [1.29, 1.82) is 0 Å². The normalized spacial score (nSPS) is 15.0. The number of hydrazine groups is 1. The van der Waals surface area contributed by atoms with Crippen molar-refractivity contribution in [3.05, 3.63) is 83.9 Å². The third kappa shape index (κ3) is 6.40. The summed E-state index contributed by atoms with van der Waals surface area (Å²) in [6, 6.07) is 0. The minimum Gasteiger partial charge on any atom is -0.379 e. The van der Waals surface area contributed by atoms with Gasteiger partial charge >= 0.3 is 0 Å². The molecule has 4 N–H and O–H groups in total. The van der Waals surface area contributed by atoms with E-state index in [9.17, 15) is 4.79 Å². The summed E-state index contributed by atoms with van der Waals surface area (Å²) in [5, 5.41) is 5.86. The Labute approximate surface area is 253 Å². The van der Waals surface area contributed by atoms with Crippen molar-refractivity contribution in [2.45, 2.75) is 85.1 Å². The molecule has 3 aromatic heterocycles. The molecule has 0 saturated heterocycles. The van der Waals surface area contributed by atoms with Crippen LogP contribution in [0.5, 0.6) is 0 Å². The van der Waals surface area contributed by atoms with Gasteiger partial charge in [0, 0.05) is 33.2 Å². The minimum atomic E-state index is -0.192. The number of nitrogens with one attached hydrogen (secondary N) is 4. The second-order valence-corrected chi connectivity index (χ2v) is 13.7. The molecule has 43 heavy (non-hydrogen) atoms. The number of anilines is 1. The van der Waals surface area contributed by atoms with E-state index in [0.29, 0.717) is 11.4 Å². The van der Waals surface area contributed by atoms with Gasteiger partial charge < -0.3 is 10.6 Å². The summed E-state index contributed by atoms with van der Waals surface area (Å²) >= 11 is 0. The molecule has 0 fully saturated rings. The molecule has 0 radical (unpaired) electrons. The monoisotopic (exact) mass is 582 g/mol. The van der Waals surface area contributed by atoms with Crippen molar-refractivity contribution in [3.63, 3.8) is 0 Å². The average Bonchev–Trinajstić information content (AvgIpc) is 3.58. The highest BCUT2D eigenvalue weighted by Gasteiger charge is 2.32. The van der Waals surface area contributed by atoms with E-state index in [1.807, 2.05) is 20.8 Å². The highest BCUT2D eigenvalue weighted by molar-refractivity contribution is 6.07. The molecule has 0 aliphatic carbocycles. The Morgan fingerprint density at radius 3 is 1.70 bits per heavy atom. The third-order valence-corrected chi connectivity index (χ3v) is 6.94. The molecule has 226 valence electrons. The van der Waals surface area contributed by atoms with Crippen LogP contribution in [0.2, 0.25) is 0 Å². The van der Waals surface area contributed by atoms with Crippen LogP contribution < -0.4 is 21.5 Å². The van der Waals surface area contributed by atoms with E-state index in [-0.39, 0.29) is 22.2 Å². The second kappa shape index (κ2) is 11.2. The van der Waals surface area contributed by atoms with Crippen LogP contribution in [-0.2, 0) is 22.8 Å². The molecule has 0 aromatic carbocycles. The fourth-order valence-electron chi connectivity index (χ4n) is 4.92. The number of rotatable bonds is 0. The number of aromatic nitrogens is 6. The molecule has 1 amide bonds. The van der Waals surface area contributed by atoms with Crippen LogP contribution in [0.25, 0.3) is 17.1 Å². The molecule has 0 spiro atoms. The maximum Gasteiger partial charge on any atom is 0.275 e. The van der Waals surface area contributed by atoms with E-state index in [1.165, 1.54) is 6.33 Å². The fourth-order valence-corrected chi connectivity index (χ4v) is 4.92. The summed E-state index contributed by atoms with van der Waals surface area (Å²) in [6.45, 7) is 31.5. The molecule has 3 aromatic rings. The summed E-state index contributed by atoms with van der Waals surface area (Å²) in [5.41, 5.74) is 15.5. The van der Waals surface area contributed by atoms with Gasteiger partial charge in [0.2, 0.25) is 0 Å². The molecule has 6 heterocycles. The maximum atomic E-state index is 11.5. The summed E-state index contributed by atoms with van der Waals surface area (Å²) in [5.74, 6) is 0.623. The lowest BCUT2D eigenvalue weighted by molar-refractivity contribution is 0.0976. The largest absolute Gasteiger partial charge is 0.379 e. The Morgan fingerprint density at radius 1 is 0.605 bits per heavy atom. The number of nitrogens with zero attached hydrogens (tertiary/aromatic N) is 6. The zero-order chi connectivity index (χ0) is 31.9. The van der Waals surface area contributed by atoms with Gasteiger partial charge in [-0.25, -0.2) is 29.9 Å². The number of hydrogen-bond acceptors (Lipinski definition) is 10. The van der Waals surface area contributed by atoms with Gasteiger partial charge in [-0.15, -0.1) is 0 Å².